The molecule has 0 aliphatic carbocycles. The monoisotopic (exact) mass is 348 g/mol. The molecular weight excluding hydrogens is 335 g/mol. The van der Waals surface area contributed by atoms with Gasteiger partial charge >= 0.3 is 0 Å². The number of benzene rings is 2. The molecule has 6 heteroatoms. The van der Waals surface area contributed by atoms with Gasteiger partial charge in [0.2, 0.25) is 5.91 Å². The molecule has 0 saturated carbocycles. The van der Waals surface area contributed by atoms with Crippen LogP contribution in [-0.2, 0) is 11.2 Å². The molecule has 1 amide bonds. The van der Waals surface area contributed by atoms with E-state index in [1.165, 1.54) is 0 Å². The fourth-order valence-corrected chi connectivity index (χ4v) is 2.73. The van der Waals surface area contributed by atoms with Gasteiger partial charge in [-0.05, 0) is 42.0 Å². The lowest BCUT2D eigenvalue weighted by molar-refractivity contribution is -0.115. The Morgan fingerprint density at radius 2 is 2.04 bits per heavy atom. The smallest absolute Gasteiger partial charge is 0.228 e. The molecule has 4 nitrogen and oxygen atoms in total. The van der Waals surface area contributed by atoms with Crippen LogP contribution < -0.4 is 10.1 Å². The van der Waals surface area contributed by atoms with Crippen LogP contribution in [-0.4, -0.2) is 18.0 Å². The lowest BCUT2D eigenvalue weighted by Crippen LogP contribution is -2.14. The van der Waals surface area contributed by atoms with E-state index in [0.717, 1.165) is 22.2 Å². The second-order valence-corrected chi connectivity index (χ2v) is 5.92. The number of methoxy groups -OCH3 is 1. The molecule has 23 heavy (non-hydrogen) atoms. The summed E-state index contributed by atoms with van der Waals surface area (Å²) in [5, 5.41) is 4.70. The average Bonchev–Trinajstić information content (AvgIpc) is 2.93. The third-order valence-electron chi connectivity index (χ3n) is 3.53. The molecule has 0 bridgehead atoms. The Morgan fingerprint density at radius 3 is 2.83 bits per heavy atom. The van der Waals surface area contributed by atoms with Crippen LogP contribution in [0.15, 0.2) is 42.6 Å². The van der Waals surface area contributed by atoms with Crippen LogP contribution in [0.5, 0.6) is 5.75 Å². The molecule has 2 aromatic carbocycles. The van der Waals surface area contributed by atoms with Crippen molar-refractivity contribution in [3.05, 3.63) is 58.2 Å². The number of nitrogens with one attached hydrogen (secondary N) is 2. The first-order valence-corrected chi connectivity index (χ1v) is 7.71. The van der Waals surface area contributed by atoms with Crippen molar-refractivity contribution in [1.82, 2.24) is 4.98 Å². The van der Waals surface area contributed by atoms with E-state index in [1.54, 1.807) is 25.3 Å². The summed E-state index contributed by atoms with van der Waals surface area (Å²) < 4.78 is 5.23. The van der Waals surface area contributed by atoms with Crippen molar-refractivity contribution in [2.75, 3.05) is 12.4 Å². The van der Waals surface area contributed by atoms with E-state index in [2.05, 4.69) is 10.3 Å². The van der Waals surface area contributed by atoms with E-state index in [0.29, 0.717) is 15.7 Å². The van der Waals surface area contributed by atoms with Crippen molar-refractivity contribution in [3.63, 3.8) is 0 Å². The highest BCUT2D eigenvalue weighted by molar-refractivity contribution is 6.35. The van der Waals surface area contributed by atoms with Gasteiger partial charge in [0, 0.05) is 22.1 Å². The summed E-state index contributed by atoms with van der Waals surface area (Å²) in [6.07, 6.45) is 2.04. The maximum atomic E-state index is 12.3. The largest absolute Gasteiger partial charge is 0.497 e. The maximum Gasteiger partial charge on any atom is 0.228 e. The molecule has 0 saturated heterocycles. The highest BCUT2D eigenvalue weighted by Gasteiger charge is 2.11. The number of hydrogen-bond donors (Lipinski definition) is 2. The van der Waals surface area contributed by atoms with Crippen LogP contribution in [0.4, 0.5) is 5.69 Å². The Labute approximate surface area is 143 Å². The first-order chi connectivity index (χ1) is 11.1. The van der Waals surface area contributed by atoms with Gasteiger partial charge in [-0.1, -0.05) is 23.2 Å². The number of hydrogen-bond acceptors (Lipinski definition) is 2. The van der Waals surface area contributed by atoms with Gasteiger partial charge in [-0.2, -0.15) is 0 Å². The molecule has 1 aromatic heterocycles. The van der Waals surface area contributed by atoms with Gasteiger partial charge in [-0.3, -0.25) is 4.79 Å². The minimum absolute atomic E-state index is 0.169. The molecule has 0 aliphatic rings. The number of ether oxygens (including phenoxy) is 1. The second kappa shape index (κ2) is 6.52. The predicted octanol–water partition coefficient (Wildman–Crippen LogP) is 4.66. The summed E-state index contributed by atoms with van der Waals surface area (Å²) in [6, 6.07) is 10.6. The molecular formula is C17H14Cl2N2O2. The number of amides is 1. The van der Waals surface area contributed by atoms with Gasteiger partial charge in [0.15, 0.2) is 0 Å². The minimum Gasteiger partial charge on any atom is -0.497 e. The van der Waals surface area contributed by atoms with Crippen LogP contribution in [0.1, 0.15) is 5.56 Å². The molecule has 0 unspecified atom stereocenters. The first-order valence-electron chi connectivity index (χ1n) is 6.95. The van der Waals surface area contributed by atoms with E-state index in [1.807, 2.05) is 24.4 Å². The van der Waals surface area contributed by atoms with Gasteiger partial charge in [0.1, 0.15) is 5.75 Å². The maximum absolute atomic E-state index is 12.3. The lowest BCUT2D eigenvalue weighted by Gasteiger charge is -2.07. The summed E-state index contributed by atoms with van der Waals surface area (Å²) in [5.41, 5.74) is 2.34. The van der Waals surface area contributed by atoms with Crippen LogP contribution >= 0.6 is 23.2 Å². The standard InChI is InChI=1S/C17H14Cl2N2O2/c1-23-12-3-5-15-13(8-12)10(9-20-15)6-17(22)21-16-7-11(18)2-4-14(16)19/h2-5,7-9,20H,6H2,1H3,(H,21,22). The molecule has 0 aliphatic heterocycles. The number of fused-ring (bicyclic) bond motifs is 1. The van der Waals surface area contributed by atoms with Crippen LogP contribution in [0.25, 0.3) is 10.9 Å². The summed E-state index contributed by atoms with van der Waals surface area (Å²) in [5.74, 6) is 0.578. The second-order valence-electron chi connectivity index (χ2n) is 5.07. The summed E-state index contributed by atoms with van der Waals surface area (Å²) in [6.45, 7) is 0. The predicted molar refractivity (Wildman–Crippen MR) is 93.6 cm³/mol. The number of aromatic nitrogens is 1. The first kappa shape index (κ1) is 15.7. The Balaban J connectivity index is 1.81. The van der Waals surface area contributed by atoms with Gasteiger partial charge in [-0.15, -0.1) is 0 Å². The summed E-state index contributed by atoms with van der Waals surface area (Å²) in [4.78, 5) is 15.4. The molecule has 0 radical (unpaired) electrons. The normalized spacial score (nSPS) is 10.7. The Kier molecular flexibility index (Phi) is 4.46. The molecule has 3 aromatic rings. The minimum atomic E-state index is -0.169. The van der Waals surface area contributed by atoms with Gasteiger partial charge < -0.3 is 15.0 Å². The molecule has 0 spiro atoms. The Hall–Kier alpha value is -2.17. The van der Waals surface area contributed by atoms with Crippen molar-refractivity contribution in [2.24, 2.45) is 0 Å². The van der Waals surface area contributed by atoms with Crippen molar-refractivity contribution < 1.29 is 9.53 Å². The molecule has 3 rings (SSSR count). The van der Waals surface area contributed by atoms with E-state index in [4.69, 9.17) is 27.9 Å². The van der Waals surface area contributed by atoms with Gasteiger partial charge in [0.25, 0.3) is 0 Å². The van der Waals surface area contributed by atoms with E-state index >= 15 is 0 Å². The number of rotatable bonds is 4. The van der Waals surface area contributed by atoms with Crippen LogP contribution in [0, 0.1) is 0 Å². The zero-order chi connectivity index (χ0) is 16.4. The van der Waals surface area contributed by atoms with Crippen molar-refractivity contribution in [2.45, 2.75) is 6.42 Å². The number of anilines is 1. The summed E-state index contributed by atoms with van der Waals surface area (Å²) >= 11 is 12.0. The molecule has 0 fully saturated rings. The van der Waals surface area contributed by atoms with Gasteiger partial charge in [0.05, 0.1) is 24.2 Å². The van der Waals surface area contributed by atoms with Crippen molar-refractivity contribution in [1.29, 1.82) is 0 Å². The third-order valence-corrected chi connectivity index (χ3v) is 4.09. The topological polar surface area (TPSA) is 54.1 Å². The van der Waals surface area contributed by atoms with Crippen LogP contribution in [0.2, 0.25) is 10.0 Å². The Morgan fingerprint density at radius 1 is 1.22 bits per heavy atom. The van der Waals surface area contributed by atoms with E-state index in [9.17, 15) is 4.79 Å². The lowest BCUT2D eigenvalue weighted by atomic mass is 10.1. The highest BCUT2D eigenvalue weighted by Crippen LogP contribution is 2.27. The van der Waals surface area contributed by atoms with Crippen LogP contribution in [0.3, 0.4) is 0 Å². The number of halogens is 2. The van der Waals surface area contributed by atoms with E-state index in [-0.39, 0.29) is 12.3 Å². The van der Waals surface area contributed by atoms with Crippen molar-refractivity contribution >= 4 is 45.7 Å². The SMILES string of the molecule is COc1ccc2[nH]cc(CC(=O)Nc3cc(Cl)ccc3Cl)c2c1. The van der Waals surface area contributed by atoms with Crippen molar-refractivity contribution in [3.8, 4) is 5.75 Å². The fourth-order valence-electron chi connectivity index (χ4n) is 2.39. The highest BCUT2D eigenvalue weighted by atomic mass is 35.5. The molecule has 118 valence electrons. The molecule has 1 heterocycles. The average molecular weight is 349 g/mol. The zero-order valence-electron chi connectivity index (χ0n) is 12.3. The van der Waals surface area contributed by atoms with Gasteiger partial charge in [-0.25, -0.2) is 0 Å². The number of H-pyrrole nitrogens is 1. The number of carbonyl (C=O) groups is 1. The molecule has 0 atom stereocenters. The number of aromatic amines is 1. The Bertz CT molecular complexity index is 874. The quantitative estimate of drug-likeness (QED) is 0.720. The number of carbonyl (C=O) groups excluding carboxylic acids is 1. The summed E-state index contributed by atoms with van der Waals surface area (Å²) in [7, 11) is 1.61. The fraction of sp³-hybridized carbons (Fsp3) is 0.118. The van der Waals surface area contributed by atoms with E-state index < -0.39 is 0 Å². The zero-order valence-corrected chi connectivity index (χ0v) is 13.8. The third kappa shape index (κ3) is 3.44. The molecule has 2 N–H and O–H groups in total.